The molecule has 4 rings (SSSR count). The summed E-state index contributed by atoms with van der Waals surface area (Å²) >= 11 is 3.34. The van der Waals surface area contributed by atoms with Gasteiger partial charge in [0.15, 0.2) is 11.2 Å². The van der Waals surface area contributed by atoms with E-state index >= 15 is 0 Å². The van der Waals surface area contributed by atoms with Gasteiger partial charge in [0.25, 0.3) is 5.91 Å². The Morgan fingerprint density at radius 1 is 1.07 bits per heavy atom. The van der Waals surface area contributed by atoms with Crippen LogP contribution in [0.5, 0.6) is 0 Å². The van der Waals surface area contributed by atoms with Crippen molar-refractivity contribution in [3.63, 3.8) is 0 Å². The summed E-state index contributed by atoms with van der Waals surface area (Å²) in [5.41, 5.74) is 1.42. The lowest BCUT2D eigenvalue weighted by Crippen LogP contribution is -2.48. The second-order valence-corrected chi connectivity index (χ2v) is 7.45. The van der Waals surface area contributed by atoms with Crippen LogP contribution in [0.1, 0.15) is 16.1 Å². The quantitative estimate of drug-likeness (QED) is 0.642. The predicted molar refractivity (Wildman–Crippen MR) is 106 cm³/mol. The average molecular weight is 428 g/mol. The van der Waals surface area contributed by atoms with E-state index in [4.69, 9.17) is 4.42 Å². The van der Waals surface area contributed by atoms with E-state index in [0.717, 1.165) is 24.1 Å². The van der Waals surface area contributed by atoms with Crippen molar-refractivity contribution in [2.45, 2.75) is 6.54 Å². The van der Waals surface area contributed by atoms with Crippen molar-refractivity contribution < 1.29 is 9.21 Å². The first-order valence-electron chi connectivity index (χ1n) is 8.74. The number of rotatable bonds is 3. The standard InChI is InChI=1S/C20H18BrN3O3/c21-15-1-2-18-16(11-15)17(25)12-19(27-18)20(26)24-9-7-23(8-10-24)13-14-3-5-22-6-4-14/h1-6,11-12H,7-10,13H2. The Labute approximate surface area is 164 Å². The van der Waals surface area contributed by atoms with Crippen molar-refractivity contribution >= 4 is 32.8 Å². The summed E-state index contributed by atoms with van der Waals surface area (Å²) < 4.78 is 6.50. The van der Waals surface area contributed by atoms with E-state index in [1.807, 2.05) is 12.1 Å². The number of halogens is 1. The first kappa shape index (κ1) is 17.9. The molecule has 1 fully saturated rings. The Kier molecular flexibility index (Phi) is 5.05. The molecule has 1 saturated heterocycles. The number of carbonyl (C=O) groups is 1. The number of aromatic nitrogens is 1. The number of piperazine rings is 1. The molecule has 6 nitrogen and oxygen atoms in total. The highest BCUT2D eigenvalue weighted by atomic mass is 79.9. The highest BCUT2D eigenvalue weighted by Crippen LogP contribution is 2.19. The van der Waals surface area contributed by atoms with Crippen molar-refractivity contribution in [1.29, 1.82) is 0 Å². The van der Waals surface area contributed by atoms with Gasteiger partial charge in [0.05, 0.1) is 5.39 Å². The number of benzene rings is 1. The smallest absolute Gasteiger partial charge is 0.289 e. The molecule has 7 heteroatoms. The molecule has 1 aromatic carbocycles. The van der Waals surface area contributed by atoms with E-state index in [1.54, 1.807) is 35.5 Å². The molecule has 0 unspecified atom stereocenters. The van der Waals surface area contributed by atoms with Crippen LogP contribution in [0.15, 0.2) is 62.5 Å². The molecule has 0 saturated carbocycles. The molecule has 0 spiro atoms. The Hall–Kier alpha value is -2.51. The molecule has 0 atom stereocenters. The van der Waals surface area contributed by atoms with Crippen molar-refractivity contribution in [3.05, 3.63) is 74.8 Å². The summed E-state index contributed by atoms with van der Waals surface area (Å²) in [6.07, 6.45) is 3.57. The van der Waals surface area contributed by atoms with Gasteiger partial charge in [0, 0.05) is 55.7 Å². The van der Waals surface area contributed by atoms with Gasteiger partial charge >= 0.3 is 0 Å². The summed E-state index contributed by atoms with van der Waals surface area (Å²) in [7, 11) is 0. The van der Waals surface area contributed by atoms with Gasteiger partial charge in [-0.25, -0.2) is 0 Å². The zero-order valence-electron chi connectivity index (χ0n) is 14.6. The third-order valence-corrected chi connectivity index (χ3v) is 5.21. The average Bonchev–Trinajstić information content (AvgIpc) is 2.69. The maximum atomic E-state index is 12.8. The molecule has 1 amide bonds. The second-order valence-electron chi connectivity index (χ2n) is 6.54. The molecular weight excluding hydrogens is 410 g/mol. The summed E-state index contributed by atoms with van der Waals surface area (Å²) in [4.78, 5) is 33.2. The Bertz CT molecular complexity index is 1030. The van der Waals surface area contributed by atoms with Crippen LogP contribution in [0, 0.1) is 0 Å². The minimum atomic E-state index is -0.236. The molecule has 0 aliphatic carbocycles. The fourth-order valence-corrected chi connectivity index (χ4v) is 3.61. The molecule has 138 valence electrons. The van der Waals surface area contributed by atoms with Gasteiger partial charge in [-0.2, -0.15) is 0 Å². The molecule has 3 heterocycles. The van der Waals surface area contributed by atoms with Crippen LogP contribution in [0.3, 0.4) is 0 Å². The highest BCUT2D eigenvalue weighted by Gasteiger charge is 2.24. The Morgan fingerprint density at radius 3 is 2.56 bits per heavy atom. The van der Waals surface area contributed by atoms with E-state index in [-0.39, 0.29) is 17.1 Å². The molecule has 2 aromatic heterocycles. The van der Waals surface area contributed by atoms with Crippen LogP contribution < -0.4 is 5.43 Å². The third-order valence-electron chi connectivity index (χ3n) is 4.71. The number of hydrogen-bond donors (Lipinski definition) is 0. The van der Waals surface area contributed by atoms with E-state index < -0.39 is 0 Å². The van der Waals surface area contributed by atoms with Gasteiger partial charge in [-0.1, -0.05) is 15.9 Å². The lowest BCUT2D eigenvalue weighted by molar-refractivity contribution is 0.0598. The largest absolute Gasteiger partial charge is 0.451 e. The van der Waals surface area contributed by atoms with E-state index in [9.17, 15) is 9.59 Å². The molecule has 1 aliphatic heterocycles. The fraction of sp³-hybridized carbons (Fsp3) is 0.250. The zero-order valence-corrected chi connectivity index (χ0v) is 16.2. The number of pyridine rings is 1. The first-order valence-corrected chi connectivity index (χ1v) is 9.53. The van der Waals surface area contributed by atoms with Gasteiger partial charge in [-0.05, 0) is 35.9 Å². The van der Waals surface area contributed by atoms with Crippen LogP contribution in [0.2, 0.25) is 0 Å². The summed E-state index contributed by atoms with van der Waals surface area (Å²) in [5, 5.41) is 0.461. The number of hydrogen-bond acceptors (Lipinski definition) is 5. The van der Waals surface area contributed by atoms with Crippen molar-refractivity contribution in [2.24, 2.45) is 0 Å². The molecule has 0 radical (unpaired) electrons. The summed E-state index contributed by atoms with van der Waals surface area (Å²) in [6, 6.07) is 10.5. The number of amides is 1. The van der Waals surface area contributed by atoms with Gasteiger partial charge in [-0.3, -0.25) is 19.5 Å². The molecule has 1 aliphatic rings. The minimum Gasteiger partial charge on any atom is -0.451 e. The van der Waals surface area contributed by atoms with Crippen LogP contribution in [-0.2, 0) is 6.54 Å². The van der Waals surface area contributed by atoms with Crippen LogP contribution in [0.25, 0.3) is 11.0 Å². The third kappa shape index (κ3) is 3.94. The van der Waals surface area contributed by atoms with Crippen LogP contribution in [0.4, 0.5) is 0 Å². The molecule has 0 bridgehead atoms. The predicted octanol–water partition coefficient (Wildman–Crippen LogP) is 2.91. The van der Waals surface area contributed by atoms with E-state index in [2.05, 4.69) is 25.8 Å². The summed E-state index contributed by atoms with van der Waals surface area (Å²) in [5.74, 6) is -0.141. The van der Waals surface area contributed by atoms with Gasteiger partial charge in [0.2, 0.25) is 0 Å². The second kappa shape index (κ2) is 7.62. The zero-order chi connectivity index (χ0) is 18.8. The normalized spacial score (nSPS) is 15.2. The molecule has 0 N–H and O–H groups in total. The number of nitrogens with zero attached hydrogens (tertiary/aromatic N) is 3. The van der Waals surface area contributed by atoms with Crippen molar-refractivity contribution in [3.8, 4) is 0 Å². The first-order chi connectivity index (χ1) is 13.1. The Balaban J connectivity index is 1.46. The minimum absolute atomic E-state index is 0.0948. The van der Waals surface area contributed by atoms with Gasteiger partial charge in [0.1, 0.15) is 5.58 Å². The molecule has 27 heavy (non-hydrogen) atoms. The molecule has 3 aromatic rings. The molecular formula is C20H18BrN3O3. The maximum absolute atomic E-state index is 12.8. The highest BCUT2D eigenvalue weighted by molar-refractivity contribution is 9.10. The number of fused-ring (bicyclic) bond motifs is 1. The van der Waals surface area contributed by atoms with Crippen LogP contribution >= 0.6 is 15.9 Å². The SMILES string of the molecule is O=C(c1cc(=O)c2cc(Br)ccc2o1)N1CCN(Cc2ccncc2)CC1. The maximum Gasteiger partial charge on any atom is 0.289 e. The lowest BCUT2D eigenvalue weighted by Gasteiger charge is -2.34. The summed E-state index contributed by atoms with van der Waals surface area (Å²) in [6.45, 7) is 3.60. The Morgan fingerprint density at radius 2 is 1.81 bits per heavy atom. The van der Waals surface area contributed by atoms with E-state index in [0.29, 0.717) is 24.1 Å². The van der Waals surface area contributed by atoms with Gasteiger partial charge in [-0.15, -0.1) is 0 Å². The fourth-order valence-electron chi connectivity index (χ4n) is 3.25. The number of carbonyl (C=O) groups excluding carboxylic acids is 1. The monoisotopic (exact) mass is 427 g/mol. The van der Waals surface area contributed by atoms with Crippen molar-refractivity contribution in [2.75, 3.05) is 26.2 Å². The van der Waals surface area contributed by atoms with Crippen molar-refractivity contribution in [1.82, 2.24) is 14.8 Å². The lowest BCUT2D eigenvalue weighted by atomic mass is 10.2. The van der Waals surface area contributed by atoms with Crippen LogP contribution in [-0.4, -0.2) is 46.9 Å². The van der Waals surface area contributed by atoms with Gasteiger partial charge < -0.3 is 9.32 Å². The van der Waals surface area contributed by atoms with E-state index in [1.165, 1.54) is 11.6 Å². The topological polar surface area (TPSA) is 66.7 Å².